The van der Waals surface area contributed by atoms with Gasteiger partial charge in [0, 0.05) is 77.2 Å². The second-order valence-corrected chi connectivity index (χ2v) is 34.0. The molecule has 2 saturated carbocycles. The second-order valence-electron chi connectivity index (χ2n) is 34.0. The maximum atomic E-state index is 10.8. The van der Waals surface area contributed by atoms with Crippen LogP contribution in [0.2, 0.25) is 0 Å². The molecule has 10 rings (SSSR count). The average molecular weight is 1180 g/mol. The van der Waals surface area contributed by atoms with E-state index in [2.05, 4.69) is 152 Å². The largest absolute Gasteiger partial charge is 0.465 e. The summed E-state index contributed by atoms with van der Waals surface area (Å²) in [7, 11) is 0. The van der Waals surface area contributed by atoms with E-state index in [0.29, 0.717) is 105 Å². The predicted molar refractivity (Wildman–Crippen MR) is 341 cm³/mol. The molecule has 10 fully saturated rings. The molecule has 0 aromatic heterocycles. The van der Waals surface area contributed by atoms with Crippen molar-refractivity contribution in [2.75, 3.05) is 66.1 Å². The fourth-order valence-electron chi connectivity index (χ4n) is 10.9. The van der Waals surface area contributed by atoms with E-state index >= 15 is 0 Å². The van der Waals surface area contributed by atoms with Crippen LogP contribution in [0.25, 0.3) is 0 Å². The molecule has 0 aromatic carbocycles. The Morgan fingerprint density at radius 2 is 0.687 bits per heavy atom. The monoisotopic (exact) mass is 1180 g/mol. The van der Waals surface area contributed by atoms with Gasteiger partial charge in [-0.3, -0.25) is 19.2 Å². The van der Waals surface area contributed by atoms with Gasteiger partial charge in [-0.25, -0.2) is 0 Å². The number of hydrogen-bond donors (Lipinski definition) is 0. The molecule has 0 aromatic rings. The molecule has 8 saturated heterocycles. The maximum absolute atomic E-state index is 10.8. The molecule has 0 radical (unpaired) electrons. The van der Waals surface area contributed by atoms with E-state index in [9.17, 15) is 19.2 Å². The van der Waals surface area contributed by atoms with Crippen molar-refractivity contribution in [2.24, 2.45) is 54.1 Å². The van der Waals surface area contributed by atoms with E-state index in [-0.39, 0.29) is 22.8 Å². The van der Waals surface area contributed by atoms with Crippen molar-refractivity contribution in [1.82, 2.24) is 0 Å². The summed E-state index contributed by atoms with van der Waals surface area (Å²) in [6, 6.07) is 0. The minimum absolute atomic E-state index is 0.0469. The Balaban J connectivity index is 0.000000461. The Kier molecular flexibility index (Phi) is 33.6. The van der Waals surface area contributed by atoms with Crippen molar-refractivity contribution in [1.29, 1.82) is 0 Å². The first kappa shape index (κ1) is 79.1. The van der Waals surface area contributed by atoms with Crippen LogP contribution in [0.1, 0.15) is 288 Å². The molecule has 4 atom stereocenters. The molecule has 0 spiro atoms. The van der Waals surface area contributed by atoms with Crippen LogP contribution in [-0.4, -0.2) is 114 Å². The van der Waals surface area contributed by atoms with Gasteiger partial charge < -0.3 is 37.9 Å². The fourth-order valence-corrected chi connectivity index (χ4v) is 10.9. The van der Waals surface area contributed by atoms with Gasteiger partial charge in [-0.1, -0.05) is 138 Å². The van der Waals surface area contributed by atoms with Gasteiger partial charge in [0.05, 0.1) is 57.3 Å². The lowest BCUT2D eigenvalue weighted by atomic mass is 9.77. The van der Waals surface area contributed by atoms with Gasteiger partial charge in [-0.15, -0.1) is 0 Å². The average Bonchev–Trinajstić information content (AvgIpc) is 4.19. The molecular weight excluding hydrogens is 1040 g/mol. The van der Waals surface area contributed by atoms with E-state index in [4.69, 9.17) is 37.9 Å². The minimum atomic E-state index is -0.0602. The lowest BCUT2D eigenvalue weighted by molar-refractivity contribution is -0.152. The van der Waals surface area contributed by atoms with Crippen molar-refractivity contribution in [2.45, 2.75) is 313 Å². The van der Waals surface area contributed by atoms with Crippen molar-refractivity contribution in [3.8, 4) is 0 Å². The molecule has 490 valence electrons. The van der Waals surface area contributed by atoms with E-state index < -0.39 is 0 Å². The molecule has 10 aliphatic rings. The number of ether oxygens (including phenoxy) is 8. The highest BCUT2D eigenvalue weighted by Crippen LogP contribution is 2.37. The summed E-state index contributed by atoms with van der Waals surface area (Å²) < 4.78 is 41.5. The van der Waals surface area contributed by atoms with E-state index in [1.807, 2.05) is 13.8 Å². The molecule has 12 nitrogen and oxygen atoms in total. The highest BCUT2D eigenvalue weighted by molar-refractivity contribution is 5.81. The summed E-state index contributed by atoms with van der Waals surface area (Å²) in [5, 5.41) is 0. The van der Waals surface area contributed by atoms with Gasteiger partial charge >= 0.3 is 11.9 Å². The van der Waals surface area contributed by atoms with Crippen molar-refractivity contribution < 1.29 is 57.1 Å². The molecule has 8 aliphatic heterocycles. The first-order valence-electron chi connectivity index (χ1n) is 32.7. The first-order valence-corrected chi connectivity index (χ1v) is 32.7. The Hall–Kier alpha value is -1.96. The molecule has 2 aliphatic carbocycles. The van der Waals surface area contributed by atoms with Gasteiger partial charge in [-0.2, -0.15) is 0 Å². The van der Waals surface area contributed by atoms with Gasteiger partial charge in [0.1, 0.15) is 11.6 Å². The molecular formula is C71H134O12. The zero-order chi connectivity index (χ0) is 63.8. The van der Waals surface area contributed by atoms with E-state index in [1.165, 1.54) is 57.8 Å². The predicted octanol–water partition coefficient (Wildman–Crippen LogP) is 17.6. The smallest absolute Gasteiger partial charge is 0.306 e. The number of rotatable bonds is 0. The standard InChI is InChI=1S/2C8H16O.C8H14O.C7H12O2.3C7H14O.C7H12O.C6H10O2.C6H12O/c2*1-7-6-8(2,3)4-5-9-7;1-8(2)5-3-7(9)4-6-8;1-7(2)4-3-6(8)9-5-7;1-6-4-7(2,3)5-8-6;1-6-7(2,3)4-5-8-6;1-7(2)3-5-8-6-4-7;1-7(2)4-3-6(8)5-7;1-6(2)3-5(7)8-4-6;1-6(2)3-4-7-5-6/h2*7H,4-6H2,1-3H3;3-6H2,1-2H3;3-5H2,1-2H3;2*6H,4-5H2,1-3H3;3-6H2,1-2H3;3-5H2,1-2H3;3-4H2,1-2H3;3-5H2,1-2H3. The molecule has 4 unspecified atom stereocenters. The molecule has 0 bridgehead atoms. The van der Waals surface area contributed by atoms with Crippen molar-refractivity contribution >= 4 is 23.5 Å². The number of carbonyl (C=O) groups excluding carboxylic acids is 4. The highest BCUT2D eigenvalue weighted by Gasteiger charge is 2.34. The topological polar surface area (TPSA) is 142 Å². The number of cyclic esters (lactones) is 2. The summed E-state index contributed by atoms with van der Waals surface area (Å²) in [4.78, 5) is 42.4. The quantitative estimate of drug-likeness (QED) is 0.213. The summed E-state index contributed by atoms with van der Waals surface area (Å²) in [5.74, 6) is 0.786. The van der Waals surface area contributed by atoms with Gasteiger partial charge in [0.2, 0.25) is 0 Å². The first-order chi connectivity index (χ1) is 37.7. The lowest BCUT2D eigenvalue weighted by Crippen LogP contribution is -2.28. The van der Waals surface area contributed by atoms with E-state index in [0.717, 1.165) is 104 Å². The molecule has 12 heteroatoms. The van der Waals surface area contributed by atoms with Crippen LogP contribution in [0.3, 0.4) is 0 Å². The maximum Gasteiger partial charge on any atom is 0.306 e. The lowest BCUT2D eigenvalue weighted by Gasteiger charge is -2.33. The zero-order valence-electron chi connectivity index (χ0n) is 58.7. The number of Topliss-reactive ketones (excluding diaryl/α,β-unsaturated/α-hetero) is 2. The zero-order valence-corrected chi connectivity index (χ0v) is 58.7. The number of esters is 2. The normalized spacial score (nSPS) is 30.0. The third-order valence-electron chi connectivity index (χ3n) is 17.9. The summed E-state index contributed by atoms with van der Waals surface area (Å²) in [5.41, 5.74) is 4.02. The molecule has 0 amide bonds. The van der Waals surface area contributed by atoms with Gasteiger partial charge in [0.25, 0.3) is 0 Å². The summed E-state index contributed by atoms with van der Waals surface area (Å²) >= 11 is 0. The molecule has 8 heterocycles. The van der Waals surface area contributed by atoms with Gasteiger partial charge in [-0.05, 0) is 160 Å². The number of hydrogen-bond acceptors (Lipinski definition) is 12. The second kappa shape index (κ2) is 35.3. The molecule has 0 N–H and O–H groups in total. The van der Waals surface area contributed by atoms with Crippen LogP contribution >= 0.6 is 0 Å². The van der Waals surface area contributed by atoms with Crippen LogP contribution in [0, 0.1) is 54.1 Å². The summed E-state index contributed by atoms with van der Waals surface area (Å²) in [6.07, 6.45) is 21.5. The van der Waals surface area contributed by atoms with Crippen LogP contribution in [0.4, 0.5) is 0 Å². The third-order valence-corrected chi connectivity index (χ3v) is 17.9. The van der Waals surface area contributed by atoms with Crippen LogP contribution < -0.4 is 0 Å². The van der Waals surface area contributed by atoms with Crippen LogP contribution in [0.5, 0.6) is 0 Å². The number of carbonyl (C=O) groups is 4. The summed E-state index contributed by atoms with van der Waals surface area (Å²) in [6.45, 7) is 61.8. The highest BCUT2D eigenvalue weighted by atomic mass is 16.5. The Bertz CT molecular complexity index is 1730. The Labute approximate surface area is 511 Å². The van der Waals surface area contributed by atoms with Crippen LogP contribution in [-0.2, 0) is 57.1 Å². The Morgan fingerprint density at radius 3 is 0.880 bits per heavy atom. The van der Waals surface area contributed by atoms with Gasteiger partial charge in [0.15, 0.2) is 0 Å². The third kappa shape index (κ3) is 39.5. The minimum Gasteiger partial charge on any atom is -0.465 e. The molecule has 83 heavy (non-hydrogen) atoms. The Morgan fingerprint density at radius 1 is 0.301 bits per heavy atom. The van der Waals surface area contributed by atoms with Crippen molar-refractivity contribution in [3.05, 3.63) is 0 Å². The van der Waals surface area contributed by atoms with Crippen LogP contribution in [0.15, 0.2) is 0 Å². The SMILES string of the molecule is CC1(C)CCC(=O)C1.CC1(C)CCC(=O)CC1.CC1(C)CCC(=O)OC1.CC1(C)CCOC1.CC1(C)CCOCC1.CC1(C)COC(=O)C1.CC1CC(C)(C)CCO1.CC1CC(C)(C)CCO1.CC1CC(C)(C)CO1.CC1OCCC1(C)C. The van der Waals surface area contributed by atoms with E-state index in [1.54, 1.807) is 0 Å². The van der Waals surface area contributed by atoms with Crippen molar-refractivity contribution in [3.63, 3.8) is 0 Å². The number of ketones is 2. The fraction of sp³-hybridized carbons (Fsp3) is 0.944.